The van der Waals surface area contributed by atoms with Crippen molar-refractivity contribution in [2.24, 2.45) is 0 Å². The highest BCUT2D eigenvalue weighted by Crippen LogP contribution is 2.41. The van der Waals surface area contributed by atoms with Gasteiger partial charge in [0.1, 0.15) is 13.2 Å². The second kappa shape index (κ2) is 4.03. The molecule has 1 heterocycles. The molecule has 0 radical (unpaired) electrons. The van der Waals surface area contributed by atoms with Crippen molar-refractivity contribution < 1.29 is 23.0 Å². The first kappa shape index (κ1) is 11.3. The molecule has 0 spiro atoms. The van der Waals surface area contributed by atoms with E-state index in [0.29, 0.717) is 19.0 Å². The second-order valence-corrected chi connectivity index (χ2v) is 6.06. The van der Waals surface area contributed by atoms with Crippen molar-refractivity contribution in [1.82, 2.24) is 0 Å². The van der Waals surface area contributed by atoms with Crippen molar-refractivity contribution in [3.05, 3.63) is 17.7 Å². The minimum Gasteiger partial charge on any atom is -0.504 e. The summed E-state index contributed by atoms with van der Waals surface area (Å²) in [7, 11) is 1.40. The summed E-state index contributed by atoms with van der Waals surface area (Å²) in [4.78, 5) is 0. The number of hydrogen-bond donors (Lipinski definition) is 1. The lowest BCUT2D eigenvalue weighted by molar-refractivity contribution is 0.165. The Kier molecular flexibility index (Phi) is 2.86. The zero-order chi connectivity index (χ0) is 11.8. The number of ether oxygens (including phenoxy) is 2. The molecule has 16 heavy (non-hydrogen) atoms. The summed E-state index contributed by atoms with van der Waals surface area (Å²) in [5, 5.41) is 9.77. The lowest BCUT2D eigenvalue weighted by Crippen LogP contribution is -2.15. The quantitative estimate of drug-likeness (QED) is 0.814. The molecule has 1 aromatic rings. The minimum atomic E-state index is -3.71. The Morgan fingerprint density at radius 2 is 2.00 bits per heavy atom. The number of phenols is 1. The van der Waals surface area contributed by atoms with Gasteiger partial charge in [-0.2, -0.15) is 0 Å². The van der Waals surface area contributed by atoms with E-state index in [1.807, 2.05) is 0 Å². The number of hydrogen-bond acceptors (Lipinski definition) is 5. The van der Waals surface area contributed by atoms with Gasteiger partial charge in [-0.15, -0.1) is 0 Å². The van der Waals surface area contributed by atoms with Crippen LogP contribution in [0.25, 0.3) is 0 Å². The number of benzene rings is 1. The average Bonchev–Trinajstić information content (AvgIpc) is 2.21. The zero-order valence-corrected chi connectivity index (χ0v) is 9.71. The molecule has 0 saturated carbocycles. The van der Waals surface area contributed by atoms with Crippen LogP contribution in [-0.4, -0.2) is 26.7 Å². The van der Waals surface area contributed by atoms with E-state index in [1.54, 1.807) is 6.07 Å². The maximum atomic E-state index is 10.9. The fourth-order valence-corrected chi connectivity index (χ4v) is 2.40. The van der Waals surface area contributed by atoms with Crippen LogP contribution in [0.3, 0.4) is 0 Å². The van der Waals surface area contributed by atoms with E-state index in [1.165, 1.54) is 6.07 Å². The normalized spacial score (nSPS) is 14.8. The molecule has 0 saturated heterocycles. The highest BCUT2D eigenvalue weighted by atomic mass is 35.7. The predicted molar refractivity (Wildman–Crippen MR) is 57.6 cm³/mol. The van der Waals surface area contributed by atoms with Crippen LogP contribution in [0.4, 0.5) is 0 Å². The largest absolute Gasteiger partial charge is 0.504 e. The van der Waals surface area contributed by atoms with E-state index in [4.69, 9.17) is 20.2 Å². The van der Waals surface area contributed by atoms with Crippen LogP contribution >= 0.6 is 10.7 Å². The summed E-state index contributed by atoms with van der Waals surface area (Å²) < 4.78 is 32.2. The molecular formula is C9H9ClO5S. The molecule has 1 aromatic carbocycles. The topological polar surface area (TPSA) is 72.8 Å². The standard InChI is InChI=1S/C9H9ClO5S/c10-16(12,13)5-6-1-2-7-9(8(6)11)15-4-3-14-7/h1-2,11H,3-5H2. The fraction of sp³-hybridized carbons (Fsp3) is 0.333. The first-order valence-electron chi connectivity index (χ1n) is 4.50. The Morgan fingerprint density at radius 1 is 1.31 bits per heavy atom. The van der Waals surface area contributed by atoms with E-state index in [2.05, 4.69) is 0 Å². The van der Waals surface area contributed by atoms with Gasteiger partial charge in [0.15, 0.2) is 11.5 Å². The molecule has 1 aliphatic heterocycles. The number of phenolic OH excluding ortho intramolecular Hbond substituents is 1. The zero-order valence-electron chi connectivity index (χ0n) is 8.14. The first-order valence-corrected chi connectivity index (χ1v) is 6.98. The molecule has 0 bridgehead atoms. The van der Waals surface area contributed by atoms with Crippen LogP contribution < -0.4 is 9.47 Å². The third kappa shape index (κ3) is 2.33. The van der Waals surface area contributed by atoms with Gasteiger partial charge in [-0.1, -0.05) is 6.07 Å². The Bertz CT molecular complexity index is 511. The molecular weight excluding hydrogens is 256 g/mol. The molecule has 5 nitrogen and oxygen atoms in total. The van der Waals surface area contributed by atoms with Gasteiger partial charge in [0.05, 0.1) is 5.75 Å². The van der Waals surface area contributed by atoms with Gasteiger partial charge in [0.2, 0.25) is 14.8 Å². The van der Waals surface area contributed by atoms with Crippen LogP contribution in [-0.2, 0) is 14.8 Å². The van der Waals surface area contributed by atoms with Crippen molar-refractivity contribution in [1.29, 1.82) is 0 Å². The lowest BCUT2D eigenvalue weighted by Gasteiger charge is -2.20. The summed E-state index contributed by atoms with van der Waals surface area (Å²) in [6, 6.07) is 2.99. The van der Waals surface area contributed by atoms with Gasteiger partial charge in [-0.3, -0.25) is 0 Å². The number of rotatable bonds is 2. The van der Waals surface area contributed by atoms with Gasteiger partial charge >= 0.3 is 0 Å². The van der Waals surface area contributed by atoms with E-state index in [0.717, 1.165) is 0 Å². The maximum Gasteiger partial charge on any atom is 0.236 e. The second-order valence-electron chi connectivity index (χ2n) is 3.28. The Morgan fingerprint density at radius 3 is 2.69 bits per heavy atom. The predicted octanol–water partition coefficient (Wildman–Crippen LogP) is 1.23. The third-order valence-electron chi connectivity index (χ3n) is 2.09. The summed E-state index contributed by atoms with van der Waals surface area (Å²) in [6.45, 7) is 0.719. The Labute approximate surface area is 97.0 Å². The fourth-order valence-electron chi connectivity index (χ4n) is 1.44. The van der Waals surface area contributed by atoms with Crippen molar-refractivity contribution in [2.45, 2.75) is 5.75 Å². The summed E-state index contributed by atoms with van der Waals surface area (Å²) in [6.07, 6.45) is 0. The molecule has 7 heteroatoms. The Hall–Kier alpha value is -1.14. The summed E-state index contributed by atoms with van der Waals surface area (Å²) >= 11 is 0. The Balaban J connectivity index is 2.42. The highest BCUT2D eigenvalue weighted by molar-refractivity contribution is 8.13. The van der Waals surface area contributed by atoms with Crippen LogP contribution in [0.1, 0.15) is 5.56 Å². The molecule has 2 rings (SSSR count). The average molecular weight is 265 g/mol. The van der Waals surface area contributed by atoms with Gasteiger partial charge < -0.3 is 14.6 Å². The molecule has 0 atom stereocenters. The highest BCUT2D eigenvalue weighted by Gasteiger charge is 2.21. The van der Waals surface area contributed by atoms with Gasteiger partial charge in [-0.05, 0) is 6.07 Å². The first-order chi connectivity index (χ1) is 7.47. The molecule has 88 valence electrons. The monoisotopic (exact) mass is 264 g/mol. The van der Waals surface area contributed by atoms with E-state index in [9.17, 15) is 13.5 Å². The molecule has 0 amide bonds. The molecule has 0 aliphatic carbocycles. The minimum absolute atomic E-state index is 0.170. The van der Waals surface area contributed by atoms with Gasteiger partial charge in [-0.25, -0.2) is 8.42 Å². The molecule has 0 unspecified atom stereocenters. The lowest BCUT2D eigenvalue weighted by atomic mass is 10.2. The van der Waals surface area contributed by atoms with Crippen molar-refractivity contribution in [2.75, 3.05) is 13.2 Å². The van der Waals surface area contributed by atoms with E-state index in [-0.39, 0.29) is 17.1 Å². The molecule has 0 aromatic heterocycles. The van der Waals surface area contributed by atoms with Crippen LogP contribution in [0.2, 0.25) is 0 Å². The van der Waals surface area contributed by atoms with Gasteiger partial charge in [0, 0.05) is 16.2 Å². The van der Waals surface area contributed by atoms with Crippen molar-refractivity contribution >= 4 is 19.7 Å². The van der Waals surface area contributed by atoms with Crippen molar-refractivity contribution in [3.63, 3.8) is 0 Å². The third-order valence-corrected chi connectivity index (χ3v) is 3.08. The van der Waals surface area contributed by atoms with Crippen molar-refractivity contribution in [3.8, 4) is 17.2 Å². The number of halogens is 1. The summed E-state index contributed by atoms with van der Waals surface area (Å²) in [5.41, 5.74) is 0.194. The van der Waals surface area contributed by atoms with Crippen LogP contribution in [0.5, 0.6) is 17.2 Å². The van der Waals surface area contributed by atoms with Gasteiger partial charge in [0.25, 0.3) is 0 Å². The molecule has 1 aliphatic rings. The van der Waals surface area contributed by atoms with Crippen LogP contribution in [0, 0.1) is 0 Å². The molecule has 1 N–H and O–H groups in total. The van der Waals surface area contributed by atoms with E-state index < -0.39 is 14.8 Å². The number of aromatic hydroxyl groups is 1. The molecule has 0 fully saturated rings. The maximum absolute atomic E-state index is 10.9. The SMILES string of the molecule is O=S(=O)(Cl)Cc1ccc2c(c1O)OCCO2. The smallest absolute Gasteiger partial charge is 0.236 e. The summed E-state index contributed by atoms with van der Waals surface area (Å²) in [5.74, 6) is -0.109. The van der Waals surface area contributed by atoms with E-state index >= 15 is 0 Å². The van der Waals surface area contributed by atoms with Crippen LogP contribution in [0.15, 0.2) is 12.1 Å². The number of fused-ring (bicyclic) bond motifs is 1.